The van der Waals surface area contributed by atoms with Crippen LogP contribution in [0.15, 0.2) is 78.9 Å². The molecule has 0 bridgehead atoms. The number of nitrogens with one attached hydrogen (secondary N) is 2. The summed E-state index contributed by atoms with van der Waals surface area (Å²) in [5, 5.41) is 4.96. The maximum absolute atomic E-state index is 14.2. The second-order valence-corrected chi connectivity index (χ2v) is 10.9. The molecule has 198 valence electrons. The van der Waals surface area contributed by atoms with E-state index >= 15 is 0 Å². The number of H-pyrrole nitrogens is 1. The van der Waals surface area contributed by atoms with Crippen molar-refractivity contribution in [2.75, 3.05) is 11.4 Å². The molecule has 5 aromatic rings. The van der Waals surface area contributed by atoms with Crippen LogP contribution >= 0.6 is 0 Å². The molecule has 39 heavy (non-hydrogen) atoms. The normalized spacial score (nSPS) is 14.0. The standard InChI is InChI=1S/C34H35FN4/c1-22-11-13-25(14-12-22)20-36-31(18-26-7-6-10-29(35)17-26)32-19-30-23(2)24(3)37-33(30)34(38-32)39-16-15-27-8-4-5-9-28(27)21-39/h4-14,17,19,31,36-37H,15-16,18,20-21H2,1-3H3. The fraction of sp³-hybridized carbons (Fsp3) is 0.265. The Morgan fingerprint density at radius 1 is 0.923 bits per heavy atom. The van der Waals surface area contributed by atoms with E-state index in [9.17, 15) is 4.39 Å². The lowest BCUT2D eigenvalue weighted by atomic mass is 9.98. The quantitative estimate of drug-likeness (QED) is 0.238. The molecule has 0 fully saturated rings. The smallest absolute Gasteiger partial charge is 0.153 e. The Bertz CT molecular complexity index is 1620. The maximum atomic E-state index is 14.2. The molecule has 2 aromatic heterocycles. The van der Waals surface area contributed by atoms with Gasteiger partial charge in [-0.25, -0.2) is 9.37 Å². The van der Waals surface area contributed by atoms with Gasteiger partial charge in [0.1, 0.15) is 5.82 Å². The summed E-state index contributed by atoms with van der Waals surface area (Å²) in [6.07, 6.45) is 1.65. The van der Waals surface area contributed by atoms with Crippen molar-refractivity contribution in [3.8, 4) is 0 Å². The highest BCUT2D eigenvalue weighted by Crippen LogP contribution is 2.34. The molecule has 1 unspecified atom stereocenters. The second kappa shape index (κ2) is 10.7. The van der Waals surface area contributed by atoms with Crippen LogP contribution in [0.3, 0.4) is 0 Å². The van der Waals surface area contributed by atoms with Gasteiger partial charge in [-0.3, -0.25) is 0 Å². The fourth-order valence-corrected chi connectivity index (χ4v) is 5.66. The van der Waals surface area contributed by atoms with Gasteiger partial charge in [0, 0.05) is 30.7 Å². The Kier molecular flexibility index (Phi) is 6.92. The van der Waals surface area contributed by atoms with Crippen molar-refractivity contribution < 1.29 is 4.39 Å². The topological polar surface area (TPSA) is 44.0 Å². The van der Waals surface area contributed by atoms with Crippen molar-refractivity contribution in [2.24, 2.45) is 0 Å². The monoisotopic (exact) mass is 518 g/mol. The molecule has 0 spiro atoms. The van der Waals surface area contributed by atoms with Crippen molar-refractivity contribution in [3.05, 3.63) is 129 Å². The van der Waals surface area contributed by atoms with E-state index in [1.165, 1.54) is 39.3 Å². The third-order valence-corrected chi connectivity index (χ3v) is 8.09. The minimum Gasteiger partial charge on any atom is -0.355 e. The Morgan fingerprint density at radius 3 is 2.51 bits per heavy atom. The van der Waals surface area contributed by atoms with Crippen LogP contribution in [0, 0.1) is 26.6 Å². The highest BCUT2D eigenvalue weighted by atomic mass is 19.1. The molecule has 2 N–H and O–H groups in total. The average molecular weight is 519 g/mol. The molecule has 1 atom stereocenters. The number of aromatic nitrogens is 2. The Morgan fingerprint density at radius 2 is 1.72 bits per heavy atom. The van der Waals surface area contributed by atoms with Gasteiger partial charge in [-0.2, -0.15) is 0 Å². The SMILES string of the molecule is Cc1ccc(CNC(Cc2cccc(F)c2)c2cc3c(C)c(C)[nH]c3c(N3CCc4ccccc4C3)n2)cc1. The molecule has 1 aliphatic heterocycles. The second-order valence-electron chi connectivity index (χ2n) is 10.9. The van der Waals surface area contributed by atoms with Crippen LogP contribution in [-0.4, -0.2) is 16.5 Å². The van der Waals surface area contributed by atoms with Gasteiger partial charge in [-0.1, -0.05) is 66.2 Å². The van der Waals surface area contributed by atoms with E-state index in [1.54, 1.807) is 12.1 Å². The van der Waals surface area contributed by atoms with Gasteiger partial charge < -0.3 is 15.2 Å². The molecule has 0 saturated heterocycles. The van der Waals surface area contributed by atoms with Crippen LogP contribution in [0.4, 0.5) is 10.2 Å². The van der Waals surface area contributed by atoms with Gasteiger partial charge >= 0.3 is 0 Å². The first-order valence-corrected chi connectivity index (χ1v) is 13.8. The van der Waals surface area contributed by atoms with Crippen molar-refractivity contribution in [2.45, 2.75) is 52.7 Å². The van der Waals surface area contributed by atoms with Crippen LogP contribution in [0.2, 0.25) is 0 Å². The van der Waals surface area contributed by atoms with Crippen molar-refractivity contribution in [1.82, 2.24) is 15.3 Å². The number of halogens is 1. The zero-order chi connectivity index (χ0) is 26.9. The minimum atomic E-state index is -0.210. The first-order valence-electron chi connectivity index (χ1n) is 13.8. The summed E-state index contributed by atoms with van der Waals surface area (Å²) in [6, 6.07) is 26.4. The van der Waals surface area contributed by atoms with E-state index in [-0.39, 0.29) is 11.9 Å². The molecular weight excluding hydrogens is 483 g/mol. The van der Waals surface area contributed by atoms with E-state index in [0.717, 1.165) is 47.8 Å². The summed E-state index contributed by atoms with van der Waals surface area (Å²) < 4.78 is 14.2. The molecule has 0 aliphatic carbocycles. The van der Waals surface area contributed by atoms with Crippen molar-refractivity contribution in [3.63, 3.8) is 0 Å². The van der Waals surface area contributed by atoms with Crippen LogP contribution in [0.5, 0.6) is 0 Å². The zero-order valence-corrected chi connectivity index (χ0v) is 22.9. The lowest BCUT2D eigenvalue weighted by molar-refractivity contribution is 0.516. The summed E-state index contributed by atoms with van der Waals surface area (Å²) in [7, 11) is 0. The number of aryl methyl sites for hydroxylation is 3. The first-order chi connectivity index (χ1) is 18.9. The molecule has 0 amide bonds. The van der Waals surface area contributed by atoms with Gasteiger partial charge in [0.25, 0.3) is 0 Å². The number of fused-ring (bicyclic) bond motifs is 2. The summed E-state index contributed by atoms with van der Waals surface area (Å²) in [5.74, 6) is 0.785. The third kappa shape index (κ3) is 5.32. The van der Waals surface area contributed by atoms with Gasteiger partial charge in [0.05, 0.1) is 17.3 Å². The summed E-state index contributed by atoms with van der Waals surface area (Å²) in [6.45, 7) is 8.87. The van der Waals surface area contributed by atoms with E-state index in [4.69, 9.17) is 4.98 Å². The van der Waals surface area contributed by atoms with Crippen molar-refractivity contribution >= 4 is 16.7 Å². The number of benzene rings is 3. The molecule has 3 aromatic carbocycles. The number of aromatic amines is 1. The van der Waals surface area contributed by atoms with Crippen LogP contribution in [0.1, 0.15) is 50.8 Å². The first kappa shape index (κ1) is 25.3. The Balaban J connectivity index is 1.41. The van der Waals surface area contributed by atoms with Gasteiger partial charge in [-0.05, 0) is 79.6 Å². The van der Waals surface area contributed by atoms with Crippen LogP contribution in [0.25, 0.3) is 10.9 Å². The fourth-order valence-electron chi connectivity index (χ4n) is 5.66. The number of pyridine rings is 1. The van der Waals surface area contributed by atoms with E-state index in [2.05, 4.69) is 90.6 Å². The number of nitrogens with zero attached hydrogens (tertiary/aromatic N) is 2. The lowest BCUT2D eigenvalue weighted by Gasteiger charge is -2.31. The number of anilines is 1. The van der Waals surface area contributed by atoms with Crippen molar-refractivity contribution in [1.29, 1.82) is 0 Å². The lowest BCUT2D eigenvalue weighted by Crippen LogP contribution is -2.32. The molecule has 5 heteroatoms. The predicted octanol–water partition coefficient (Wildman–Crippen LogP) is 7.26. The van der Waals surface area contributed by atoms with Crippen LogP contribution in [-0.2, 0) is 25.9 Å². The minimum absolute atomic E-state index is 0.0806. The average Bonchev–Trinajstić information content (AvgIpc) is 3.24. The van der Waals surface area contributed by atoms with Crippen LogP contribution < -0.4 is 10.2 Å². The summed E-state index contributed by atoms with van der Waals surface area (Å²) in [5.41, 5.74) is 10.7. The summed E-state index contributed by atoms with van der Waals surface area (Å²) in [4.78, 5) is 11.4. The highest BCUT2D eigenvalue weighted by molar-refractivity contribution is 5.93. The van der Waals surface area contributed by atoms with E-state index in [0.29, 0.717) is 13.0 Å². The van der Waals surface area contributed by atoms with E-state index in [1.807, 2.05) is 6.07 Å². The molecule has 6 rings (SSSR count). The molecule has 1 aliphatic rings. The van der Waals surface area contributed by atoms with Gasteiger partial charge in [-0.15, -0.1) is 0 Å². The van der Waals surface area contributed by atoms with Gasteiger partial charge in [0.15, 0.2) is 5.82 Å². The number of hydrogen-bond donors (Lipinski definition) is 2. The number of rotatable bonds is 7. The Labute approximate surface area is 229 Å². The molecule has 4 nitrogen and oxygen atoms in total. The molecule has 0 saturated carbocycles. The molecule has 0 radical (unpaired) electrons. The maximum Gasteiger partial charge on any atom is 0.153 e. The van der Waals surface area contributed by atoms with Gasteiger partial charge in [0.2, 0.25) is 0 Å². The van der Waals surface area contributed by atoms with E-state index < -0.39 is 0 Å². The third-order valence-electron chi connectivity index (χ3n) is 8.09. The summed E-state index contributed by atoms with van der Waals surface area (Å²) >= 11 is 0. The zero-order valence-electron chi connectivity index (χ0n) is 22.9. The largest absolute Gasteiger partial charge is 0.355 e. The highest BCUT2D eigenvalue weighted by Gasteiger charge is 2.24. The Hall–Kier alpha value is -3.96. The predicted molar refractivity (Wildman–Crippen MR) is 158 cm³/mol. The molecular formula is C34H35FN4. The number of hydrogen-bond acceptors (Lipinski definition) is 3. The molecule has 3 heterocycles.